The molecule has 1 aliphatic rings. The van der Waals surface area contributed by atoms with Gasteiger partial charge in [-0.25, -0.2) is 4.79 Å². The van der Waals surface area contributed by atoms with Crippen LogP contribution >= 0.6 is 23.2 Å². The number of carboxylic acids is 1. The summed E-state index contributed by atoms with van der Waals surface area (Å²) in [5, 5.41) is 28.8. The first kappa shape index (κ1) is 38.1. The van der Waals surface area contributed by atoms with Gasteiger partial charge in [0.15, 0.2) is 0 Å². The first-order valence-electron chi connectivity index (χ1n) is 18.8. The highest BCUT2D eigenvalue weighted by atomic mass is 35.5. The number of carbonyl (C=O) groups is 2. The number of benzene rings is 3. The zero-order valence-electron chi connectivity index (χ0n) is 32.5. The van der Waals surface area contributed by atoms with Crippen molar-refractivity contribution < 1.29 is 24.5 Å². The molecule has 0 fully saturated rings. The van der Waals surface area contributed by atoms with Gasteiger partial charge in [0, 0.05) is 64.5 Å². The lowest BCUT2D eigenvalue weighted by atomic mass is 9.98. The fourth-order valence-electron chi connectivity index (χ4n) is 8.51. The second-order valence-electron chi connectivity index (χ2n) is 14.9. The highest BCUT2D eigenvalue weighted by Crippen LogP contribution is 2.46. The lowest BCUT2D eigenvalue weighted by Gasteiger charge is -2.35. The lowest BCUT2D eigenvalue weighted by Crippen LogP contribution is -2.43. The lowest BCUT2D eigenvalue weighted by molar-refractivity contribution is 0.0686. The molecule has 4 aromatic heterocycles. The van der Waals surface area contributed by atoms with Crippen LogP contribution < -0.4 is 9.64 Å². The van der Waals surface area contributed by atoms with Crippen LogP contribution in [0.2, 0.25) is 10.0 Å². The van der Waals surface area contributed by atoms with E-state index in [4.69, 9.17) is 33.0 Å². The molecule has 5 heterocycles. The van der Waals surface area contributed by atoms with Crippen molar-refractivity contribution in [2.75, 3.05) is 18.1 Å². The van der Waals surface area contributed by atoms with E-state index in [9.17, 15) is 15.0 Å². The maximum atomic E-state index is 15.3. The van der Waals surface area contributed by atoms with Gasteiger partial charge in [-0.3, -0.25) is 14.5 Å². The number of aromatic hydroxyl groups is 1. The van der Waals surface area contributed by atoms with Gasteiger partial charge >= 0.3 is 5.97 Å². The number of amides is 1. The Hall–Kier alpha value is -5.78. The van der Waals surface area contributed by atoms with Gasteiger partial charge in [-0.05, 0) is 107 Å². The Morgan fingerprint density at radius 2 is 1.74 bits per heavy atom. The van der Waals surface area contributed by atoms with Crippen molar-refractivity contribution in [2.24, 2.45) is 7.05 Å². The van der Waals surface area contributed by atoms with Crippen LogP contribution in [0.1, 0.15) is 74.1 Å². The van der Waals surface area contributed by atoms with E-state index in [1.54, 1.807) is 27.8 Å². The molecule has 57 heavy (non-hydrogen) atoms. The van der Waals surface area contributed by atoms with Crippen molar-refractivity contribution in [3.63, 3.8) is 0 Å². The minimum Gasteiger partial charge on any atom is -0.508 e. The van der Waals surface area contributed by atoms with E-state index in [-0.39, 0.29) is 36.5 Å². The smallest absolute Gasteiger partial charge is 0.352 e. The summed E-state index contributed by atoms with van der Waals surface area (Å²) in [5.74, 6) is -0.768. The van der Waals surface area contributed by atoms with E-state index in [0.29, 0.717) is 57.5 Å². The number of carbonyl (C=O) groups excluding carboxylic acids is 1. The molecule has 7 aromatic rings. The second-order valence-corrected chi connectivity index (χ2v) is 15.7. The topological polar surface area (TPSA) is 128 Å². The number of hydrogen-bond acceptors (Lipinski definition) is 6. The highest BCUT2D eigenvalue weighted by molar-refractivity contribution is 6.35. The number of aromatic carboxylic acids is 1. The summed E-state index contributed by atoms with van der Waals surface area (Å²) in [6.45, 7) is 10.7. The van der Waals surface area contributed by atoms with Crippen LogP contribution in [-0.2, 0) is 20.0 Å². The summed E-state index contributed by atoms with van der Waals surface area (Å²) in [5.41, 5.74) is 9.16. The minimum atomic E-state index is -1.13. The SMILES string of the molecule is Cc1cc(OCCCc2c3n(c4c(-c5c(C)nn(C)c5C)c(Cl)ccc24)C(C)CN(c2cc(O)cc4cc(C(=O)O)n(Cc5ccccn5)c24)C3=O)cc(C)c1Cl. The molecule has 1 unspecified atom stereocenters. The van der Waals surface area contributed by atoms with Gasteiger partial charge in [0.25, 0.3) is 5.91 Å². The largest absolute Gasteiger partial charge is 0.508 e. The van der Waals surface area contributed by atoms with Crippen LogP contribution in [0.5, 0.6) is 11.5 Å². The standard InChI is InChI=1S/C44H42Cl2N6O5/c1-23-16-31(17-24(2)39(23)46)57-15-9-11-32-33-12-13-34(45)38(37-26(4)48-49(6)27(37)5)41(33)52-25(3)21-51(43(54)42(32)52)35-20-30(53)18-28-19-36(44(55)56)50(40(28)35)22-29-10-7-8-14-47-29/h7-8,10,12-14,16-20,25,53H,9,11,15,21-22H2,1-6H3,(H,55,56). The molecule has 11 nitrogen and oxygen atoms in total. The Bertz CT molecular complexity index is 2740. The number of carboxylic acid groups (broad SMARTS) is 1. The summed E-state index contributed by atoms with van der Waals surface area (Å²) < 4.78 is 11.8. The first-order valence-corrected chi connectivity index (χ1v) is 19.6. The van der Waals surface area contributed by atoms with Crippen molar-refractivity contribution in [3.8, 4) is 22.6 Å². The summed E-state index contributed by atoms with van der Waals surface area (Å²) in [6, 6.07) is 17.5. The fourth-order valence-corrected chi connectivity index (χ4v) is 8.87. The molecule has 1 aliphatic heterocycles. The number of rotatable bonds is 10. The molecule has 3 aromatic carbocycles. The molecule has 1 amide bonds. The molecule has 292 valence electrons. The van der Waals surface area contributed by atoms with Gasteiger partial charge in [-0.1, -0.05) is 35.3 Å². The Kier molecular flexibility index (Phi) is 9.78. The number of hydrogen-bond donors (Lipinski definition) is 2. The first-order chi connectivity index (χ1) is 27.2. The van der Waals surface area contributed by atoms with Crippen LogP contribution in [0.15, 0.2) is 66.9 Å². The molecule has 0 saturated heterocycles. The number of phenols is 1. The third-order valence-corrected chi connectivity index (χ3v) is 12.0. The molecule has 2 N–H and O–H groups in total. The van der Waals surface area contributed by atoms with Gasteiger partial charge in [0.1, 0.15) is 22.9 Å². The highest BCUT2D eigenvalue weighted by Gasteiger charge is 2.38. The molecule has 0 saturated carbocycles. The summed E-state index contributed by atoms with van der Waals surface area (Å²) >= 11 is 13.5. The maximum Gasteiger partial charge on any atom is 0.352 e. The Morgan fingerprint density at radius 1 is 0.982 bits per heavy atom. The third kappa shape index (κ3) is 6.48. The Morgan fingerprint density at radius 3 is 2.40 bits per heavy atom. The average Bonchev–Trinajstić information content (AvgIpc) is 3.79. The number of aromatic nitrogens is 5. The molecular formula is C44H42Cl2N6O5. The number of fused-ring (bicyclic) bond motifs is 4. The van der Waals surface area contributed by atoms with Gasteiger partial charge in [0.05, 0.1) is 46.3 Å². The van der Waals surface area contributed by atoms with Gasteiger partial charge in [0.2, 0.25) is 0 Å². The van der Waals surface area contributed by atoms with Crippen LogP contribution in [0.4, 0.5) is 5.69 Å². The molecule has 13 heteroatoms. The van der Waals surface area contributed by atoms with Crippen molar-refractivity contribution in [3.05, 3.63) is 122 Å². The summed E-state index contributed by atoms with van der Waals surface area (Å²) in [7, 11) is 1.90. The van der Waals surface area contributed by atoms with E-state index in [1.165, 1.54) is 12.1 Å². The number of ether oxygens (including phenoxy) is 1. The minimum absolute atomic E-state index is 0.0161. The number of pyridine rings is 1. The van der Waals surface area contributed by atoms with Crippen LogP contribution in [0.3, 0.4) is 0 Å². The van der Waals surface area contributed by atoms with E-state index < -0.39 is 5.97 Å². The quantitative estimate of drug-likeness (QED) is 0.132. The predicted octanol–water partition coefficient (Wildman–Crippen LogP) is 9.62. The molecule has 0 bridgehead atoms. The average molecular weight is 806 g/mol. The van der Waals surface area contributed by atoms with Crippen LogP contribution in [0, 0.1) is 27.7 Å². The van der Waals surface area contributed by atoms with Gasteiger partial charge in [-0.2, -0.15) is 5.10 Å². The van der Waals surface area contributed by atoms with Crippen molar-refractivity contribution >= 4 is 62.6 Å². The number of halogens is 2. The molecule has 0 spiro atoms. The normalized spacial score (nSPS) is 14.2. The van der Waals surface area contributed by atoms with Gasteiger partial charge < -0.3 is 29.0 Å². The van der Waals surface area contributed by atoms with Crippen molar-refractivity contribution in [2.45, 2.75) is 60.0 Å². The van der Waals surface area contributed by atoms with E-state index in [0.717, 1.165) is 55.9 Å². The number of anilines is 1. The Balaban J connectivity index is 1.30. The summed E-state index contributed by atoms with van der Waals surface area (Å²) in [6.07, 6.45) is 2.77. The molecule has 0 radical (unpaired) electrons. The van der Waals surface area contributed by atoms with E-state index in [1.807, 2.05) is 75.8 Å². The number of phenolic OH excluding ortho intramolecular Hbond substituents is 1. The molecular weight excluding hydrogens is 763 g/mol. The molecule has 8 rings (SSSR count). The Labute approximate surface area is 339 Å². The zero-order valence-corrected chi connectivity index (χ0v) is 34.0. The van der Waals surface area contributed by atoms with Crippen molar-refractivity contribution in [1.82, 2.24) is 23.9 Å². The predicted molar refractivity (Wildman–Crippen MR) is 224 cm³/mol. The molecule has 0 aliphatic carbocycles. The third-order valence-electron chi connectivity index (χ3n) is 11.1. The zero-order chi connectivity index (χ0) is 40.4. The van der Waals surface area contributed by atoms with E-state index >= 15 is 4.79 Å². The summed E-state index contributed by atoms with van der Waals surface area (Å²) in [4.78, 5) is 34.1. The maximum absolute atomic E-state index is 15.3. The van der Waals surface area contributed by atoms with Crippen LogP contribution in [0.25, 0.3) is 32.9 Å². The number of aryl methyl sites for hydroxylation is 5. The van der Waals surface area contributed by atoms with Gasteiger partial charge in [-0.15, -0.1) is 0 Å². The second kappa shape index (κ2) is 14.6. The molecule has 1 atom stereocenters. The van der Waals surface area contributed by atoms with E-state index in [2.05, 4.69) is 16.5 Å². The monoisotopic (exact) mass is 804 g/mol. The fraction of sp³-hybridized carbons (Fsp3) is 0.273. The number of nitrogens with zero attached hydrogens (tertiary/aromatic N) is 6. The van der Waals surface area contributed by atoms with Crippen molar-refractivity contribution in [1.29, 1.82) is 0 Å². The van der Waals surface area contributed by atoms with Crippen LogP contribution in [-0.4, -0.2) is 59.1 Å².